The number of para-hydroxylation sites is 3. The number of rotatable bonds is 4. The largest absolute Gasteiger partial charge is 0.454 e. The van der Waals surface area contributed by atoms with Gasteiger partial charge < -0.3 is 18.7 Å². The smallest absolute Gasteiger partial charge is 0.333 e. The van der Waals surface area contributed by atoms with Crippen molar-refractivity contribution >= 4 is 95.6 Å². The molecule has 294 valence electrons. The number of furan rings is 1. The van der Waals surface area contributed by atoms with Crippen LogP contribution in [0.25, 0.3) is 54.9 Å². The van der Waals surface area contributed by atoms with Crippen LogP contribution in [0.15, 0.2) is 174 Å². The number of fused-ring (bicyclic) bond motifs is 11. The zero-order valence-electron chi connectivity index (χ0n) is 35.5. The molecule has 4 heterocycles. The van der Waals surface area contributed by atoms with Crippen molar-refractivity contribution in [3.8, 4) is 11.1 Å². The van der Waals surface area contributed by atoms with Crippen molar-refractivity contribution in [2.24, 2.45) is 0 Å². The van der Waals surface area contributed by atoms with Crippen LogP contribution >= 0.6 is 0 Å². The van der Waals surface area contributed by atoms with Gasteiger partial charge in [0.15, 0.2) is 5.58 Å². The van der Waals surface area contributed by atoms with Gasteiger partial charge in [0.2, 0.25) is 0 Å². The van der Waals surface area contributed by atoms with E-state index in [1.54, 1.807) is 0 Å². The van der Waals surface area contributed by atoms with Gasteiger partial charge in [0, 0.05) is 56.0 Å². The van der Waals surface area contributed by atoms with Gasteiger partial charge >= 0.3 is 6.85 Å². The molecule has 12 rings (SSSR count). The van der Waals surface area contributed by atoms with Gasteiger partial charge in [0.25, 0.3) is 0 Å². The first-order chi connectivity index (χ1) is 29.5. The third-order valence-electron chi connectivity index (χ3n) is 13.2. The predicted molar refractivity (Wildman–Crippen MR) is 259 cm³/mol. The Balaban J connectivity index is 1.19. The Morgan fingerprint density at radius 2 is 1.11 bits per heavy atom. The Kier molecular flexibility index (Phi) is 7.52. The second kappa shape index (κ2) is 12.8. The fourth-order valence-corrected chi connectivity index (χ4v) is 10.3. The Labute approximate surface area is 357 Å². The fourth-order valence-electron chi connectivity index (χ4n) is 10.3. The Hall–Kier alpha value is -6.98. The van der Waals surface area contributed by atoms with Gasteiger partial charge in [-0.2, -0.15) is 0 Å². The van der Waals surface area contributed by atoms with Crippen LogP contribution in [0.1, 0.15) is 52.7 Å². The number of aromatic nitrogens is 1. The molecule has 4 nitrogen and oxygen atoms in total. The van der Waals surface area contributed by atoms with E-state index in [0.717, 1.165) is 50.2 Å². The molecule has 0 amide bonds. The number of hydrogen-bond acceptors (Lipinski definition) is 3. The molecule has 0 radical (unpaired) electrons. The topological polar surface area (TPSA) is 24.6 Å². The van der Waals surface area contributed by atoms with Gasteiger partial charge in [-0.15, -0.1) is 0 Å². The average molecular weight is 788 g/mol. The molecular formula is C56H46BN3O. The average Bonchev–Trinajstić information content (AvgIpc) is 3.80. The minimum atomic E-state index is -0.145. The maximum atomic E-state index is 6.84. The Bertz CT molecular complexity index is 3320. The van der Waals surface area contributed by atoms with Gasteiger partial charge in [0.1, 0.15) is 5.58 Å². The first kappa shape index (κ1) is 35.9. The van der Waals surface area contributed by atoms with Crippen LogP contribution in [-0.2, 0) is 10.8 Å². The van der Waals surface area contributed by atoms with Crippen molar-refractivity contribution < 1.29 is 4.42 Å². The summed E-state index contributed by atoms with van der Waals surface area (Å²) in [5.74, 6) is 0. The van der Waals surface area contributed by atoms with Crippen molar-refractivity contribution in [2.75, 3.05) is 9.80 Å². The van der Waals surface area contributed by atoms with E-state index in [9.17, 15) is 0 Å². The summed E-state index contributed by atoms with van der Waals surface area (Å²) in [5.41, 5.74) is 18.9. The third kappa shape index (κ3) is 5.26. The number of benzene rings is 8. The van der Waals surface area contributed by atoms with E-state index in [2.05, 4.69) is 226 Å². The Morgan fingerprint density at radius 3 is 1.80 bits per heavy atom. The molecule has 0 unspecified atom stereocenters. The molecule has 0 spiro atoms. The number of anilines is 6. The fraction of sp³-hybridized carbons (Fsp3) is 0.143. The highest BCUT2D eigenvalue weighted by Crippen LogP contribution is 2.50. The molecule has 61 heavy (non-hydrogen) atoms. The highest BCUT2D eigenvalue weighted by atomic mass is 16.3. The van der Waals surface area contributed by atoms with Crippen LogP contribution in [0.3, 0.4) is 0 Å². The van der Waals surface area contributed by atoms with E-state index in [1.165, 1.54) is 60.8 Å². The summed E-state index contributed by atoms with van der Waals surface area (Å²) in [4.78, 5) is 4.94. The molecule has 2 aliphatic heterocycles. The van der Waals surface area contributed by atoms with E-state index < -0.39 is 0 Å². The molecule has 0 fully saturated rings. The number of hydrogen-bond donors (Lipinski definition) is 0. The Morgan fingerprint density at radius 1 is 0.508 bits per heavy atom. The molecule has 0 atom stereocenters. The second-order valence-electron chi connectivity index (χ2n) is 19.0. The maximum absolute atomic E-state index is 6.84. The molecule has 2 aromatic heterocycles. The quantitative estimate of drug-likeness (QED) is 0.166. The van der Waals surface area contributed by atoms with Crippen LogP contribution in [0.4, 0.5) is 34.1 Å². The SMILES string of the molecule is CC(C)(C)c1ccc(N(c2ccc(C(C)(C)C)cc2)c2ccc3c(c2)B2c4c(cc5ccccc5c4-c4cccc5c6oc7ccccc7c6n2c45)N3c2ccccc2)cc1. The predicted octanol–water partition coefficient (Wildman–Crippen LogP) is 14.2. The van der Waals surface area contributed by atoms with Crippen molar-refractivity contribution in [2.45, 2.75) is 52.4 Å². The van der Waals surface area contributed by atoms with Gasteiger partial charge in [-0.25, -0.2) is 0 Å². The van der Waals surface area contributed by atoms with Gasteiger partial charge in [0.05, 0.1) is 5.52 Å². The first-order valence-corrected chi connectivity index (χ1v) is 21.6. The van der Waals surface area contributed by atoms with Crippen LogP contribution in [0.5, 0.6) is 0 Å². The summed E-state index contributed by atoms with van der Waals surface area (Å²) < 4.78 is 9.46. The van der Waals surface area contributed by atoms with Crippen molar-refractivity contribution in [1.29, 1.82) is 0 Å². The molecule has 2 aliphatic rings. The summed E-state index contributed by atoms with van der Waals surface area (Å²) >= 11 is 0. The summed E-state index contributed by atoms with van der Waals surface area (Å²) in [6.45, 7) is 13.5. The lowest BCUT2D eigenvalue weighted by Crippen LogP contribution is -2.56. The van der Waals surface area contributed by atoms with Crippen LogP contribution in [0, 0.1) is 0 Å². The van der Waals surface area contributed by atoms with E-state index in [0.29, 0.717) is 0 Å². The monoisotopic (exact) mass is 787 g/mol. The molecule has 10 aromatic rings. The molecular weight excluding hydrogens is 741 g/mol. The van der Waals surface area contributed by atoms with Gasteiger partial charge in [-0.1, -0.05) is 133 Å². The van der Waals surface area contributed by atoms with E-state index in [-0.39, 0.29) is 17.7 Å². The van der Waals surface area contributed by atoms with E-state index in [1.807, 2.05) is 0 Å². The second-order valence-corrected chi connectivity index (χ2v) is 19.0. The molecule has 5 heteroatoms. The third-order valence-corrected chi connectivity index (χ3v) is 13.2. The summed E-state index contributed by atoms with van der Waals surface area (Å²) in [6, 6.07) is 63.1. The molecule has 0 saturated heterocycles. The highest BCUT2D eigenvalue weighted by Gasteiger charge is 2.44. The highest BCUT2D eigenvalue weighted by molar-refractivity contribution is 6.90. The minimum Gasteiger partial charge on any atom is -0.454 e. The molecule has 0 N–H and O–H groups in total. The summed E-state index contributed by atoms with van der Waals surface area (Å²) in [6.07, 6.45) is 0. The van der Waals surface area contributed by atoms with Gasteiger partial charge in [-0.3, -0.25) is 0 Å². The summed E-state index contributed by atoms with van der Waals surface area (Å²) in [5, 5.41) is 4.77. The van der Waals surface area contributed by atoms with Gasteiger partial charge in [-0.05, 0) is 128 Å². The van der Waals surface area contributed by atoms with Crippen LogP contribution < -0.4 is 20.7 Å². The van der Waals surface area contributed by atoms with Crippen LogP contribution in [0.2, 0.25) is 0 Å². The standard InChI is InChI=1S/C56H46BN3O/c1-55(2,3)36-23-27-39(28-24-36)58(40-29-25-37(26-30-40)56(4,5)6)41-31-32-47-46(34-41)57-51-48(59(47)38-16-8-7-9-17-38)33-35-15-10-11-18-42(35)50(51)44-20-14-21-45-52(44)60(57)53-43-19-12-13-22-49(43)61-54(45)53/h7-34H,1-6H3. The molecule has 0 bridgehead atoms. The van der Waals surface area contributed by atoms with E-state index in [4.69, 9.17) is 4.42 Å². The van der Waals surface area contributed by atoms with Crippen molar-refractivity contribution in [3.63, 3.8) is 0 Å². The molecule has 0 aliphatic carbocycles. The normalized spacial score (nSPS) is 13.3. The molecule has 0 saturated carbocycles. The maximum Gasteiger partial charge on any atom is 0.333 e. The zero-order chi connectivity index (χ0) is 41.4. The lowest BCUT2D eigenvalue weighted by atomic mass is 9.44. The summed E-state index contributed by atoms with van der Waals surface area (Å²) in [7, 11) is 0. The molecule has 8 aromatic carbocycles. The lowest BCUT2D eigenvalue weighted by Gasteiger charge is -2.41. The van der Waals surface area contributed by atoms with Crippen molar-refractivity contribution in [1.82, 2.24) is 4.48 Å². The first-order valence-electron chi connectivity index (χ1n) is 21.6. The van der Waals surface area contributed by atoms with E-state index >= 15 is 0 Å². The minimum absolute atomic E-state index is 0.0433. The number of nitrogens with zero attached hydrogens (tertiary/aromatic N) is 3. The van der Waals surface area contributed by atoms with Crippen molar-refractivity contribution in [3.05, 3.63) is 181 Å². The van der Waals surface area contributed by atoms with Crippen LogP contribution in [-0.4, -0.2) is 11.3 Å². The lowest BCUT2D eigenvalue weighted by molar-refractivity contribution is 0.590. The zero-order valence-corrected chi connectivity index (χ0v) is 35.5.